The number of carbonyl (C=O) groups excluding carboxylic acids is 2. The Kier molecular flexibility index (Phi) is 6.51. The standard InChI is InChI=1S/C16H23FN4O3/c1-20-8-9-21(2)14(11-20)15(22)18-19-16(23)24-10-7-12-5-3-4-6-13(12)17/h3-6,14H,7-11H2,1-2H3,(H,18,22)(H,19,23). The molecule has 7 nitrogen and oxygen atoms in total. The predicted molar refractivity (Wildman–Crippen MR) is 86.6 cm³/mol. The van der Waals surface area contributed by atoms with E-state index in [2.05, 4.69) is 15.8 Å². The summed E-state index contributed by atoms with van der Waals surface area (Å²) in [5, 5.41) is 0. The van der Waals surface area contributed by atoms with Gasteiger partial charge in [0.25, 0.3) is 5.91 Å². The normalized spacial score (nSPS) is 18.9. The van der Waals surface area contributed by atoms with Gasteiger partial charge < -0.3 is 9.64 Å². The number of hydrazine groups is 1. The maximum Gasteiger partial charge on any atom is 0.426 e. The summed E-state index contributed by atoms with van der Waals surface area (Å²) in [6, 6.07) is 5.97. The fraction of sp³-hybridized carbons (Fsp3) is 0.500. The van der Waals surface area contributed by atoms with Crippen molar-refractivity contribution in [2.75, 3.05) is 40.3 Å². The van der Waals surface area contributed by atoms with Gasteiger partial charge in [0.1, 0.15) is 11.9 Å². The SMILES string of the molecule is CN1CCN(C)C(C(=O)NNC(=O)OCCc2ccccc2F)C1. The van der Waals surface area contributed by atoms with E-state index in [-0.39, 0.29) is 30.8 Å². The molecule has 132 valence electrons. The Morgan fingerprint density at radius 1 is 1.25 bits per heavy atom. The van der Waals surface area contributed by atoms with Crippen LogP contribution in [0.25, 0.3) is 0 Å². The first-order valence-corrected chi connectivity index (χ1v) is 7.82. The minimum atomic E-state index is -0.772. The topological polar surface area (TPSA) is 73.9 Å². The van der Waals surface area contributed by atoms with E-state index in [0.717, 1.165) is 13.1 Å². The van der Waals surface area contributed by atoms with Gasteiger partial charge >= 0.3 is 6.09 Å². The molecular formula is C16H23FN4O3. The summed E-state index contributed by atoms with van der Waals surface area (Å²) in [4.78, 5) is 27.7. The second kappa shape index (κ2) is 8.60. The first-order chi connectivity index (χ1) is 11.5. The average molecular weight is 338 g/mol. The van der Waals surface area contributed by atoms with Gasteiger partial charge in [-0.1, -0.05) is 18.2 Å². The van der Waals surface area contributed by atoms with Crippen LogP contribution >= 0.6 is 0 Å². The Bertz CT molecular complexity index is 584. The number of amides is 2. The molecule has 0 aromatic heterocycles. The van der Waals surface area contributed by atoms with Crippen molar-refractivity contribution in [1.82, 2.24) is 20.7 Å². The molecule has 1 atom stereocenters. The number of rotatable bonds is 4. The number of nitrogens with zero attached hydrogens (tertiary/aromatic N) is 2. The molecule has 1 aliphatic heterocycles. The molecule has 2 amide bonds. The molecule has 24 heavy (non-hydrogen) atoms. The van der Waals surface area contributed by atoms with Crippen LogP contribution in [0.2, 0.25) is 0 Å². The predicted octanol–water partition coefficient (Wildman–Crippen LogP) is 0.371. The van der Waals surface area contributed by atoms with Crippen molar-refractivity contribution >= 4 is 12.0 Å². The largest absolute Gasteiger partial charge is 0.448 e. The van der Waals surface area contributed by atoms with Gasteiger partial charge in [0, 0.05) is 26.1 Å². The molecule has 0 bridgehead atoms. The fourth-order valence-electron chi connectivity index (χ4n) is 2.48. The van der Waals surface area contributed by atoms with Crippen molar-refractivity contribution in [2.45, 2.75) is 12.5 Å². The highest BCUT2D eigenvalue weighted by atomic mass is 19.1. The Labute approximate surface area is 140 Å². The summed E-state index contributed by atoms with van der Waals surface area (Å²) < 4.78 is 18.4. The quantitative estimate of drug-likeness (QED) is 0.776. The lowest BCUT2D eigenvalue weighted by Crippen LogP contribution is -2.59. The minimum Gasteiger partial charge on any atom is -0.448 e. The van der Waals surface area contributed by atoms with Gasteiger partial charge in [0.15, 0.2) is 0 Å². The summed E-state index contributed by atoms with van der Waals surface area (Å²) in [7, 11) is 3.81. The lowest BCUT2D eigenvalue weighted by molar-refractivity contribution is -0.128. The summed E-state index contributed by atoms with van der Waals surface area (Å²) in [6.45, 7) is 2.29. The van der Waals surface area contributed by atoms with Crippen molar-refractivity contribution in [1.29, 1.82) is 0 Å². The molecule has 2 rings (SSSR count). The maximum atomic E-state index is 13.4. The number of hydrogen-bond acceptors (Lipinski definition) is 5. The molecule has 0 aliphatic carbocycles. The Balaban J connectivity index is 1.69. The molecular weight excluding hydrogens is 315 g/mol. The number of ether oxygens (including phenoxy) is 1. The van der Waals surface area contributed by atoms with E-state index >= 15 is 0 Å². The van der Waals surface area contributed by atoms with Crippen molar-refractivity contribution < 1.29 is 18.7 Å². The molecule has 0 radical (unpaired) electrons. The van der Waals surface area contributed by atoms with Crippen LogP contribution < -0.4 is 10.9 Å². The highest BCUT2D eigenvalue weighted by Crippen LogP contribution is 2.07. The van der Waals surface area contributed by atoms with Gasteiger partial charge in [-0.05, 0) is 25.7 Å². The monoisotopic (exact) mass is 338 g/mol. The van der Waals surface area contributed by atoms with Crippen LogP contribution in [0.4, 0.5) is 9.18 Å². The molecule has 1 unspecified atom stereocenters. The van der Waals surface area contributed by atoms with Crippen LogP contribution in [0, 0.1) is 5.82 Å². The number of halogens is 1. The zero-order chi connectivity index (χ0) is 17.5. The van der Waals surface area contributed by atoms with Crippen molar-refractivity contribution in [3.63, 3.8) is 0 Å². The van der Waals surface area contributed by atoms with Crippen LogP contribution in [0.1, 0.15) is 5.56 Å². The zero-order valence-corrected chi connectivity index (χ0v) is 13.9. The average Bonchev–Trinajstić information content (AvgIpc) is 2.56. The Morgan fingerprint density at radius 3 is 2.75 bits per heavy atom. The van der Waals surface area contributed by atoms with E-state index in [1.807, 2.05) is 19.0 Å². The summed E-state index contributed by atoms with van der Waals surface area (Å²) in [5.41, 5.74) is 5.05. The van der Waals surface area contributed by atoms with E-state index < -0.39 is 6.09 Å². The lowest BCUT2D eigenvalue weighted by atomic mass is 10.1. The third-order valence-electron chi connectivity index (χ3n) is 4.00. The van der Waals surface area contributed by atoms with Crippen LogP contribution in [0.3, 0.4) is 0 Å². The second-order valence-electron chi connectivity index (χ2n) is 5.85. The van der Waals surface area contributed by atoms with Crippen LogP contribution in [0.15, 0.2) is 24.3 Å². The minimum absolute atomic E-state index is 0.0225. The highest BCUT2D eigenvalue weighted by Gasteiger charge is 2.28. The zero-order valence-electron chi connectivity index (χ0n) is 13.9. The van der Waals surface area contributed by atoms with Crippen LogP contribution in [-0.4, -0.2) is 68.2 Å². The van der Waals surface area contributed by atoms with E-state index in [0.29, 0.717) is 12.1 Å². The molecule has 1 fully saturated rings. The molecule has 1 aliphatic rings. The molecule has 1 aromatic rings. The van der Waals surface area contributed by atoms with Gasteiger partial charge in [-0.25, -0.2) is 14.6 Å². The second-order valence-corrected chi connectivity index (χ2v) is 5.85. The molecule has 0 spiro atoms. The van der Waals surface area contributed by atoms with E-state index in [1.54, 1.807) is 18.2 Å². The smallest absolute Gasteiger partial charge is 0.426 e. The molecule has 1 aromatic carbocycles. The van der Waals surface area contributed by atoms with E-state index in [1.165, 1.54) is 6.07 Å². The number of benzene rings is 1. The van der Waals surface area contributed by atoms with Gasteiger partial charge in [-0.3, -0.25) is 15.1 Å². The lowest BCUT2D eigenvalue weighted by Gasteiger charge is -2.36. The van der Waals surface area contributed by atoms with E-state index in [4.69, 9.17) is 4.74 Å². The van der Waals surface area contributed by atoms with Gasteiger partial charge in [-0.15, -0.1) is 0 Å². The number of likely N-dealkylation sites (N-methyl/N-ethyl adjacent to an activating group) is 2. The number of piperazine rings is 1. The number of nitrogens with one attached hydrogen (secondary N) is 2. The summed E-state index contributed by atoms with van der Waals surface area (Å²) in [5.74, 6) is -0.630. The highest BCUT2D eigenvalue weighted by molar-refractivity contribution is 5.84. The molecule has 2 N–H and O–H groups in total. The Hall–Kier alpha value is -2.19. The molecule has 1 heterocycles. The van der Waals surface area contributed by atoms with Gasteiger partial charge in [0.2, 0.25) is 0 Å². The molecule has 8 heteroatoms. The van der Waals surface area contributed by atoms with Crippen molar-refractivity contribution in [2.24, 2.45) is 0 Å². The van der Waals surface area contributed by atoms with E-state index in [9.17, 15) is 14.0 Å². The third-order valence-corrected chi connectivity index (χ3v) is 4.00. The van der Waals surface area contributed by atoms with Gasteiger partial charge in [-0.2, -0.15) is 0 Å². The summed E-state index contributed by atoms with van der Waals surface area (Å²) in [6.07, 6.45) is -0.504. The van der Waals surface area contributed by atoms with Crippen molar-refractivity contribution in [3.8, 4) is 0 Å². The fourth-order valence-corrected chi connectivity index (χ4v) is 2.48. The molecule has 1 saturated heterocycles. The van der Waals surface area contributed by atoms with Crippen LogP contribution in [-0.2, 0) is 16.0 Å². The third kappa shape index (κ3) is 5.17. The first kappa shape index (κ1) is 18.2. The van der Waals surface area contributed by atoms with Crippen LogP contribution in [0.5, 0.6) is 0 Å². The van der Waals surface area contributed by atoms with Crippen molar-refractivity contribution in [3.05, 3.63) is 35.6 Å². The van der Waals surface area contributed by atoms with Gasteiger partial charge in [0.05, 0.1) is 6.61 Å². The first-order valence-electron chi connectivity index (χ1n) is 7.82. The maximum absolute atomic E-state index is 13.4. The molecule has 0 saturated carbocycles. The number of hydrogen-bond donors (Lipinski definition) is 2. The Morgan fingerprint density at radius 2 is 2.00 bits per heavy atom. The summed E-state index contributed by atoms with van der Waals surface area (Å²) >= 11 is 0. The number of carbonyl (C=O) groups is 2.